The van der Waals surface area contributed by atoms with Crippen LogP contribution in [-0.4, -0.2) is 53.4 Å². The minimum atomic E-state index is -1.02. The van der Waals surface area contributed by atoms with Gasteiger partial charge in [0.2, 0.25) is 0 Å². The minimum absolute atomic E-state index is 0.166. The molecule has 2 heterocycles. The van der Waals surface area contributed by atoms with Gasteiger partial charge >= 0.3 is 5.97 Å². The van der Waals surface area contributed by atoms with Crippen LogP contribution in [0.5, 0.6) is 11.5 Å². The summed E-state index contributed by atoms with van der Waals surface area (Å²) < 4.78 is 10.6. The number of piperidine rings is 1. The number of carboxylic acids is 1. The van der Waals surface area contributed by atoms with Crippen LogP contribution in [0.2, 0.25) is 0 Å². The number of aromatic carboxylic acids is 1. The number of benzene rings is 1. The van der Waals surface area contributed by atoms with Gasteiger partial charge in [0.25, 0.3) is 0 Å². The average Bonchev–Trinajstić information content (AvgIpc) is 2.70. The molecule has 1 saturated heterocycles. The molecule has 3 rings (SSSR count). The molecule has 1 aromatic heterocycles. The molecule has 1 aromatic carbocycles. The Morgan fingerprint density at radius 3 is 2.56 bits per heavy atom. The zero-order chi connectivity index (χ0) is 19.4. The summed E-state index contributed by atoms with van der Waals surface area (Å²) in [6.45, 7) is 1.71. The first-order chi connectivity index (χ1) is 13.0. The zero-order valence-electron chi connectivity index (χ0n) is 15.5. The molecule has 0 aliphatic carbocycles. The van der Waals surface area contributed by atoms with E-state index >= 15 is 0 Å². The molecular weight excluding hydrogens is 348 g/mol. The molecule has 1 fully saturated rings. The van der Waals surface area contributed by atoms with Crippen molar-refractivity contribution in [3.63, 3.8) is 0 Å². The van der Waals surface area contributed by atoms with Crippen molar-refractivity contribution >= 4 is 5.97 Å². The molecule has 7 nitrogen and oxygen atoms in total. The number of aromatic nitrogens is 1. The Bertz CT molecular complexity index is 802. The number of likely N-dealkylation sites (tertiary alicyclic amines) is 1. The summed E-state index contributed by atoms with van der Waals surface area (Å²) in [4.78, 5) is 17.9. The van der Waals surface area contributed by atoms with E-state index in [1.807, 2.05) is 12.1 Å². The lowest BCUT2D eigenvalue weighted by molar-refractivity contribution is -0.0281. The summed E-state index contributed by atoms with van der Waals surface area (Å²) in [6, 6.07) is 6.91. The highest BCUT2D eigenvalue weighted by molar-refractivity contribution is 5.91. The monoisotopic (exact) mass is 372 g/mol. The molecule has 2 aromatic rings. The Balaban J connectivity index is 1.78. The number of aliphatic hydroxyl groups is 1. The molecule has 144 valence electrons. The number of pyridine rings is 1. The summed E-state index contributed by atoms with van der Waals surface area (Å²) in [5.74, 6) is -0.0940. The van der Waals surface area contributed by atoms with Crippen LogP contribution in [-0.2, 0) is 12.1 Å². The predicted octanol–water partition coefficient (Wildman–Crippen LogP) is 2.28. The molecule has 0 saturated carbocycles. The summed E-state index contributed by atoms with van der Waals surface area (Å²) in [5, 5.41) is 20.5. The number of nitrogens with zero attached hydrogens (tertiary/aromatic N) is 2. The van der Waals surface area contributed by atoms with E-state index in [0.29, 0.717) is 49.5 Å². The number of carbonyl (C=O) groups is 1. The van der Waals surface area contributed by atoms with Gasteiger partial charge < -0.3 is 19.7 Å². The second kappa shape index (κ2) is 7.94. The van der Waals surface area contributed by atoms with Gasteiger partial charge in [0, 0.05) is 49.2 Å². The molecular formula is C20H24N2O5. The second-order valence-electron chi connectivity index (χ2n) is 6.71. The molecule has 27 heavy (non-hydrogen) atoms. The Hall–Kier alpha value is -2.64. The van der Waals surface area contributed by atoms with E-state index in [0.717, 1.165) is 5.56 Å². The van der Waals surface area contributed by atoms with Gasteiger partial charge in [-0.05, 0) is 25.0 Å². The molecule has 2 N–H and O–H groups in total. The van der Waals surface area contributed by atoms with E-state index in [1.54, 1.807) is 18.5 Å². The summed E-state index contributed by atoms with van der Waals surface area (Å²) in [6.07, 6.45) is 4.50. The Morgan fingerprint density at radius 1 is 1.26 bits per heavy atom. The van der Waals surface area contributed by atoms with Crippen LogP contribution in [0.3, 0.4) is 0 Å². The normalized spacial score (nSPS) is 16.7. The molecule has 0 bridgehead atoms. The van der Waals surface area contributed by atoms with E-state index in [9.17, 15) is 15.0 Å². The van der Waals surface area contributed by atoms with E-state index < -0.39 is 11.6 Å². The fourth-order valence-electron chi connectivity index (χ4n) is 3.51. The smallest absolute Gasteiger partial charge is 0.336 e. The van der Waals surface area contributed by atoms with Gasteiger partial charge in [0.05, 0.1) is 25.4 Å². The lowest BCUT2D eigenvalue weighted by atomic mass is 9.85. The number of methoxy groups -OCH3 is 2. The van der Waals surface area contributed by atoms with E-state index in [2.05, 4.69) is 9.88 Å². The molecule has 1 aliphatic rings. The summed E-state index contributed by atoms with van der Waals surface area (Å²) >= 11 is 0. The van der Waals surface area contributed by atoms with Gasteiger partial charge in [0.1, 0.15) is 11.5 Å². The van der Waals surface area contributed by atoms with Crippen molar-refractivity contribution in [3.8, 4) is 11.5 Å². The standard InChI is InChI=1S/C20H24N2O5/c1-26-15-10-16(19(23)24)17(18(11-15)27-2)13-22-8-5-20(25,6-9-22)14-4-3-7-21-12-14/h3-4,7,10-12,25H,5-6,8-9,13H2,1-2H3,(H,23,24). The first-order valence-electron chi connectivity index (χ1n) is 8.80. The fourth-order valence-corrected chi connectivity index (χ4v) is 3.51. The number of ether oxygens (including phenoxy) is 2. The van der Waals surface area contributed by atoms with E-state index in [1.165, 1.54) is 20.3 Å². The van der Waals surface area contributed by atoms with Crippen LogP contribution in [0.4, 0.5) is 0 Å². The average molecular weight is 372 g/mol. The topological polar surface area (TPSA) is 92.1 Å². The van der Waals surface area contributed by atoms with Crippen LogP contribution in [0.25, 0.3) is 0 Å². The van der Waals surface area contributed by atoms with Crippen molar-refractivity contribution in [3.05, 3.63) is 53.3 Å². The molecule has 0 atom stereocenters. The Labute approximate surface area is 158 Å². The first kappa shape index (κ1) is 19.1. The third-order valence-corrected chi connectivity index (χ3v) is 5.13. The van der Waals surface area contributed by atoms with E-state index in [4.69, 9.17) is 9.47 Å². The summed E-state index contributed by atoms with van der Waals surface area (Å²) in [7, 11) is 3.01. The van der Waals surface area contributed by atoms with Gasteiger partial charge in [-0.25, -0.2) is 4.79 Å². The number of hydrogen-bond acceptors (Lipinski definition) is 6. The van der Waals surface area contributed by atoms with Crippen molar-refractivity contribution in [1.82, 2.24) is 9.88 Å². The number of carboxylic acid groups (broad SMARTS) is 1. The lowest BCUT2D eigenvalue weighted by Crippen LogP contribution is -2.42. The molecule has 0 amide bonds. The molecule has 7 heteroatoms. The zero-order valence-corrected chi connectivity index (χ0v) is 15.5. The lowest BCUT2D eigenvalue weighted by Gasteiger charge is -2.38. The maximum Gasteiger partial charge on any atom is 0.336 e. The van der Waals surface area contributed by atoms with Gasteiger partial charge in [-0.15, -0.1) is 0 Å². The minimum Gasteiger partial charge on any atom is -0.497 e. The van der Waals surface area contributed by atoms with Crippen LogP contribution in [0, 0.1) is 0 Å². The Kier molecular flexibility index (Phi) is 5.62. The maximum atomic E-state index is 11.7. The highest BCUT2D eigenvalue weighted by Crippen LogP contribution is 2.35. The largest absolute Gasteiger partial charge is 0.497 e. The fraction of sp³-hybridized carbons (Fsp3) is 0.400. The Morgan fingerprint density at radius 2 is 2.00 bits per heavy atom. The van der Waals surface area contributed by atoms with E-state index in [-0.39, 0.29) is 5.56 Å². The SMILES string of the molecule is COc1cc(OC)c(CN2CCC(O)(c3cccnc3)CC2)c(C(=O)O)c1. The molecule has 0 unspecified atom stereocenters. The van der Waals surface area contributed by atoms with Crippen molar-refractivity contribution < 1.29 is 24.5 Å². The third-order valence-electron chi connectivity index (χ3n) is 5.13. The van der Waals surface area contributed by atoms with Gasteiger partial charge in [-0.3, -0.25) is 9.88 Å². The first-order valence-corrected chi connectivity index (χ1v) is 8.80. The van der Waals surface area contributed by atoms with Gasteiger partial charge in [0.15, 0.2) is 0 Å². The van der Waals surface area contributed by atoms with Crippen molar-refractivity contribution in [2.75, 3.05) is 27.3 Å². The quantitative estimate of drug-likeness (QED) is 0.804. The van der Waals surface area contributed by atoms with Crippen LogP contribution >= 0.6 is 0 Å². The van der Waals surface area contributed by atoms with Crippen molar-refractivity contribution in [2.45, 2.75) is 25.0 Å². The second-order valence-corrected chi connectivity index (χ2v) is 6.71. The molecule has 0 spiro atoms. The van der Waals surface area contributed by atoms with Crippen LogP contribution in [0.15, 0.2) is 36.7 Å². The number of hydrogen-bond donors (Lipinski definition) is 2. The third kappa shape index (κ3) is 4.04. The summed E-state index contributed by atoms with van der Waals surface area (Å²) in [5.41, 5.74) is 0.694. The van der Waals surface area contributed by atoms with Crippen molar-refractivity contribution in [2.24, 2.45) is 0 Å². The van der Waals surface area contributed by atoms with Crippen molar-refractivity contribution in [1.29, 1.82) is 0 Å². The van der Waals surface area contributed by atoms with Gasteiger partial charge in [-0.1, -0.05) is 6.07 Å². The highest BCUT2D eigenvalue weighted by Gasteiger charge is 2.34. The molecule has 0 radical (unpaired) electrons. The predicted molar refractivity (Wildman–Crippen MR) is 99.2 cm³/mol. The maximum absolute atomic E-state index is 11.7. The van der Waals surface area contributed by atoms with Crippen LogP contribution < -0.4 is 9.47 Å². The highest BCUT2D eigenvalue weighted by atomic mass is 16.5. The molecule has 1 aliphatic heterocycles. The van der Waals surface area contributed by atoms with Crippen LogP contribution in [0.1, 0.15) is 34.3 Å². The number of rotatable bonds is 6. The van der Waals surface area contributed by atoms with Gasteiger partial charge in [-0.2, -0.15) is 0 Å².